The standard InChI is InChI=1S/C16H29N5/c1-8-9-11-12-13(20(7)19-11)21(14(17)18-12)16(5,6)10-15(2,3)4/h8-10H2,1-7H3,(H2,17,18). The lowest BCUT2D eigenvalue weighted by Crippen LogP contribution is -2.33. The van der Waals surface area contributed by atoms with Crippen LogP contribution in [0.25, 0.3) is 11.2 Å². The lowest BCUT2D eigenvalue weighted by Gasteiger charge is -2.34. The average molecular weight is 291 g/mol. The number of nitrogens with two attached hydrogens (primary N) is 1. The number of nitrogen functional groups attached to an aromatic ring is 1. The highest BCUT2D eigenvalue weighted by Crippen LogP contribution is 2.36. The van der Waals surface area contributed by atoms with Gasteiger partial charge in [-0.2, -0.15) is 5.10 Å². The van der Waals surface area contributed by atoms with Crippen molar-refractivity contribution in [2.45, 2.75) is 66.3 Å². The third-order valence-corrected chi connectivity index (χ3v) is 3.78. The van der Waals surface area contributed by atoms with Gasteiger partial charge in [-0.3, -0.25) is 9.25 Å². The summed E-state index contributed by atoms with van der Waals surface area (Å²) in [6.07, 6.45) is 3.02. The van der Waals surface area contributed by atoms with Gasteiger partial charge in [-0.05, 0) is 32.1 Å². The molecule has 0 amide bonds. The molecule has 0 spiro atoms. The van der Waals surface area contributed by atoms with Crippen molar-refractivity contribution in [2.24, 2.45) is 12.5 Å². The Kier molecular flexibility index (Phi) is 3.80. The van der Waals surface area contributed by atoms with Crippen LogP contribution in [-0.2, 0) is 19.0 Å². The Morgan fingerprint density at radius 1 is 1.14 bits per heavy atom. The van der Waals surface area contributed by atoms with Crippen LogP contribution in [0.4, 0.5) is 5.95 Å². The fourth-order valence-electron chi connectivity index (χ4n) is 3.58. The molecule has 2 aromatic rings. The van der Waals surface area contributed by atoms with E-state index < -0.39 is 0 Å². The number of hydrogen-bond acceptors (Lipinski definition) is 3. The van der Waals surface area contributed by atoms with Crippen LogP contribution >= 0.6 is 0 Å². The number of nitrogens with zero attached hydrogens (tertiary/aromatic N) is 4. The number of aryl methyl sites for hydroxylation is 2. The lowest BCUT2D eigenvalue weighted by molar-refractivity contribution is 0.220. The summed E-state index contributed by atoms with van der Waals surface area (Å²) in [7, 11) is 1.98. The highest BCUT2D eigenvalue weighted by Gasteiger charge is 2.32. The Morgan fingerprint density at radius 2 is 1.76 bits per heavy atom. The Hall–Kier alpha value is -1.52. The molecular formula is C16H29N5. The summed E-state index contributed by atoms with van der Waals surface area (Å²) in [5.74, 6) is 0.588. The van der Waals surface area contributed by atoms with Crippen LogP contribution in [0.2, 0.25) is 0 Å². The molecule has 2 heterocycles. The van der Waals surface area contributed by atoms with Crippen LogP contribution in [0.3, 0.4) is 0 Å². The smallest absolute Gasteiger partial charge is 0.203 e. The van der Waals surface area contributed by atoms with Crippen LogP contribution in [0.1, 0.15) is 60.1 Å². The molecule has 2 aromatic heterocycles. The first kappa shape index (κ1) is 15.9. The molecule has 0 atom stereocenters. The summed E-state index contributed by atoms with van der Waals surface area (Å²) < 4.78 is 4.08. The molecule has 0 fully saturated rings. The minimum atomic E-state index is -0.103. The molecule has 5 heteroatoms. The lowest BCUT2D eigenvalue weighted by atomic mass is 9.81. The van der Waals surface area contributed by atoms with E-state index >= 15 is 0 Å². The van der Waals surface area contributed by atoms with Crippen LogP contribution in [-0.4, -0.2) is 19.3 Å². The van der Waals surface area contributed by atoms with Crippen molar-refractivity contribution < 1.29 is 0 Å². The van der Waals surface area contributed by atoms with Gasteiger partial charge in [-0.25, -0.2) is 4.98 Å². The number of imidazole rings is 1. The second-order valence-corrected chi connectivity index (χ2v) is 7.85. The maximum atomic E-state index is 6.25. The minimum Gasteiger partial charge on any atom is -0.369 e. The zero-order valence-electron chi connectivity index (χ0n) is 14.5. The SMILES string of the molecule is CCCc1nn(C)c2c1nc(N)n2C(C)(C)CC(C)(C)C. The number of hydrogen-bond donors (Lipinski definition) is 1. The predicted octanol–water partition coefficient (Wildman–Crippen LogP) is 3.48. The molecule has 118 valence electrons. The number of anilines is 1. The van der Waals surface area contributed by atoms with E-state index in [0.717, 1.165) is 36.1 Å². The van der Waals surface area contributed by atoms with Gasteiger partial charge in [0.05, 0.1) is 5.69 Å². The van der Waals surface area contributed by atoms with Crippen LogP contribution < -0.4 is 5.73 Å². The largest absolute Gasteiger partial charge is 0.369 e. The zero-order chi connectivity index (χ0) is 16.0. The summed E-state index contributed by atoms with van der Waals surface area (Å²) in [5.41, 5.74) is 9.40. The summed E-state index contributed by atoms with van der Waals surface area (Å²) in [6, 6.07) is 0. The first-order valence-corrected chi connectivity index (χ1v) is 7.77. The number of rotatable bonds is 4. The van der Waals surface area contributed by atoms with Gasteiger partial charge in [0.15, 0.2) is 5.65 Å². The van der Waals surface area contributed by atoms with Crippen molar-refractivity contribution in [1.82, 2.24) is 19.3 Å². The normalized spacial score (nSPS) is 13.3. The quantitative estimate of drug-likeness (QED) is 0.938. The van der Waals surface area contributed by atoms with Crippen molar-refractivity contribution in [3.63, 3.8) is 0 Å². The maximum Gasteiger partial charge on any atom is 0.203 e. The molecule has 0 bridgehead atoms. The molecular weight excluding hydrogens is 262 g/mol. The van der Waals surface area contributed by atoms with E-state index in [1.54, 1.807) is 0 Å². The van der Waals surface area contributed by atoms with E-state index in [0.29, 0.717) is 5.95 Å². The summed E-state index contributed by atoms with van der Waals surface area (Å²) in [4.78, 5) is 4.61. The Morgan fingerprint density at radius 3 is 2.29 bits per heavy atom. The van der Waals surface area contributed by atoms with Crippen molar-refractivity contribution in [1.29, 1.82) is 0 Å². The predicted molar refractivity (Wildman–Crippen MR) is 88.3 cm³/mol. The minimum absolute atomic E-state index is 0.103. The summed E-state index contributed by atoms with van der Waals surface area (Å²) in [6.45, 7) is 13.4. The molecule has 0 aliphatic carbocycles. The van der Waals surface area contributed by atoms with E-state index in [1.807, 2.05) is 11.7 Å². The van der Waals surface area contributed by atoms with Gasteiger partial charge in [0.1, 0.15) is 5.52 Å². The maximum absolute atomic E-state index is 6.25. The molecule has 0 aliphatic rings. The molecule has 0 radical (unpaired) electrons. The monoisotopic (exact) mass is 291 g/mol. The van der Waals surface area contributed by atoms with Gasteiger partial charge in [0.2, 0.25) is 5.95 Å². The Bertz CT molecular complexity index is 640. The third-order valence-electron chi connectivity index (χ3n) is 3.78. The van der Waals surface area contributed by atoms with E-state index in [1.165, 1.54) is 0 Å². The molecule has 0 aromatic carbocycles. The van der Waals surface area contributed by atoms with Crippen LogP contribution in [0.15, 0.2) is 0 Å². The first-order chi connectivity index (χ1) is 9.57. The number of aromatic nitrogens is 4. The third kappa shape index (κ3) is 2.92. The van der Waals surface area contributed by atoms with E-state index in [2.05, 4.69) is 56.2 Å². The molecule has 2 N–H and O–H groups in total. The van der Waals surface area contributed by atoms with Crippen molar-refractivity contribution in [2.75, 3.05) is 5.73 Å². The Labute approximate surface area is 127 Å². The molecule has 0 saturated heterocycles. The molecule has 0 unspecified atom stereocenters. The van der Waals surface area contributed by atoms with Gasteiger partial charge in [-0.15, -0.1) is 0 Å². The highest BCUT2D eigenvalue weighted by atomic mass is 15.4. The van der Waals surface area contributed by atoms with Crippen molar-refractivity contribution in [3.05, 3.63) is 5.69 Å². The van der Waals surface area contributed by atoms with Crippen LogP contribution in [0.5, 0.6) is 0 Å². The molecule has 21 heavy (non-hydrogen) atoms. The van der Waals surface area contributed by atoms with E-state index in [9.17, 15) is 0 Å². The van der Waals surface area contributed by atoms with E-state index in [4.69, 9.17) is 5.73 Å². The fourth-order valence-corrected chi connectivity index (χ4v) is 3.58. The zero-order valence-corrected chi connectivity index (χ0v) is 14.5. The number of fused-ring (bicyclic) bond motifs is 1. The molecule has 0 saturated carbocycles. The second kappa shape index (κ2) is 5.04. The van der Waals surface area contributed by atoms with Crippen molar-refractivity contribution in [3.8, 4) is 0 Å². The Balaban J connectivity index is 2.61. The van der Waals surface area contributed by atoms with E-state index in [-0.39, 0.29) is 11.0 Å². The summed E-state index contributed by atoms with van der Waals surface area (Å²) in [5, 5.41) is 4.63. The van der Waals surface area contributed by atoms with Gasteiger partial charge in [0.25, 0.3) is 0 Å². The van der Waals surface area contributed by atoms with Gasteiger partial charge >= 0.3 is 0 Å². The highest BCUT2D eigenvalue weighted by molar-refractivity contribution is 5.78. The molecule has 0 aliphatic heterocycles. The van der Waals surface area contributed by atoms with Gasteiger partial charge in [-0.1, -0.05) is 34.1 Å². The fraction of sp³-hybridized carbons (Fsp3) is 0.750. The first-order valence-electron chi connectivity index (χ1n) is 7.77. The van der Waals surface area contributed by atoms with Gasteiger partial charge < -0.3 is 5.73 Å². The molecule has 5 nitrogen and oxygen atoms in total. The average Bonchev–Trinajstić information content (AvgIpc) is 2.75. The summed E-state index contributed by atoms with van der Waals surface area (Å²) >= 11 is 0. The second-order valence-electron chi connectivity index (χ2n) is 7.85. The van der Waals surface area contributed by atoms with Crippen molar-refractivity contribution >= 4 is 17.1 Å². The van der Waals surface area contributed by atoms with Crippen LogP contribution in [0, 0.1) is 5.41 Å². The topological polar surface area (TPSA) is 61.7 Å². The van der Waals surface area contributed by atoms with Gasteiger partial charge in [0, 0.05) is 12.6 Å². The molecule has 2 rings (SSSR count).